The smallest absolute Gasteiger partial charge is 0.237 e. The molecule has 0 aliphatic rings. The molecule has 1 amide bonds. The molecule has 17 heavy (non-hydrogen) atoms. The summed E-state index contributed by atoms with van der Waals surface area (Å²) in [7, 11) is -0.201. The van der Waals surface area contributed by atoms with Gasteiger partial charge in [-0.25, -0.2) is 8.42 Å². The highest BCUT2D eigenvalue weighted by Gasteiger charge is 2.22. The summed E-state index contributed by atoms with van der Waals surface area (Å²) >= 11 is 0. The first-order valence-corrected chi connectivity index (χ1v) is 7.78. The lowest BCUT2D eigenvalue weighted by Crippen LogP contribution is -2.39. The summed E-state index contributed by atoms with van der Waals surface area (Å²) in [6.07, 6.45) is 1.73. The van der Waals surface area contributed by atoms with Crippen molar-refractivity contribution in [1.29, 1.82) is 0 Å². The van der Waals surface area contributed by atoms with Crippen LogP contribution in [0.5, 0.6) is 0 Å². The second-order valence-corrected chi connectivity index (χ2v) is 6.50. The van der Waals surface area contributed by atoms with Gasteiger partial charge in [0.2, 0.25) is 5.91 Å². The Morgan fingerprint density at radius 3 is 2.29 bits per heavy atom. The first kappa shape index (κ1) is 16.4. The summed E-state index contributed by atoms with van der Waals surface area (Å²) in [5, 5.41) is 3.14. The van der Waals surface area contributed by atoms with Crippen LogP contribution in [0.3, 0.4) is 0 Å². The van der Waals surface area contributed by atoms with Crippen molar-refractivity contribution in [2.75, 3.05) is 32.1 Å². The molecule has 0 aromatic rings. The van der Waals surface area contributed by atoms with Crippen LogP contribution in [0.2, 0.25) is 0 Å². The Bertz CT molecular complexity index is 320. The van der Waals surface area contributed by atoms with E-state index in [1.54, 1.807) is 14.1 Å². The lowest BCUT2D eigenvalue weighted by molar-refractivity contribution is -0.125. The number of hydrogen-bond donors (Lipinski definition) is 1. The van der Waals surface area contributed by atoms with Gasteiger partial charge in [-0.05, 0) is 13.0 Å². The maximum absolute atomic E-state index is 11.8. The zero-order valence-corrected chi connectivity index (χ0v) is 12.0. The van der Waals surface area contributed by atoms with E-state index in [4.69, 9.17) is 0 Å². The van der Waals surface area contributed by atoms with Gasteiger partial charge in [0.1, 0.15) is 5.75 Å². The standard InChI is InChI=1S/C11H24N2O3S/c1-5-7-10(12-6-2)8-17(15,16)9-11(14)13(3)4/h10,12H,5-9H2,1-4H3. The summed E-state index contributed by atoms with van der Waals surface area (Å²) < 4.78 is 23.6. The molecule has 0 aliphatic heterocycles. The van der Waals surface area contributed by atoms with Crippen molar-refractivity contribution >= 4 is 15.7 Å². The Hall–Kier alpha value is -0.620. The molecule has 0 spiro atoms. The zero-order chi connectivity index (χ0) is 13.5. The molecule has 0 heterocycles. The molecule has 1 atom stereocenters. The highest BCUT2D eigenvalue weighted by atomic mass is 32.2. The van der Waals surface area contributed by atoms with Crippen LogP contribution in [0.1, 0.15) is 26.7 Å². The normalized spacial score (nSPS) is 13.4. The van der Waals surface area contributed by atoms with Crippen molar-refractivity contribution in [2.45, 2.75) is 32.7 Å². The Balaban J connectivity index is 4.44. The minimum absolute atomic E-state index is 0.0360. The minimum atomic E-state index is -3.32. The number of nitrogens with one attached hydrogen (secondary N) is 1. The van der Waals surface area contributed by atoms with E-state index in [-0.39, 0.29) is 17.7 Å². The fraction of sp³-hybridized carbons (Fsp3) is 0.909. The molecule has 0 aromatic heterocycles. The van der Waals surface area contributed by atoms with Crippen LogP contribution >= 0.6 is 0 Å². The van der Waals surface area contributed by atoms with Crippen molar-refractivity contribution in [1.82, 2.24) is 10.2 Å². The predicted molar refractivity (Wildman–Crippen MR) is 69.7 cm³/mol. The lowest BCUT2D eigenvalue weighted by atomic mass is 10.2. The zero-order valence-electron chi connectivity index (χ0n) is 11.2. The molecule has 1 N–H and O–H groups in total. The quantitative estimate of drug-likeness (QED) is 0.683. The van der Waals surface area contributed by atoms with Gasteiger partial charge in [0.15, 0.2) is 9.84 Å². The first-order valence-electron chi connectivity index (χ1n) is 5.96. The van der Waals surface area contributed by atoms with Crippen molar-refractivity contribution in [3.63, 3.8) is 0 Å². The predicted octanol–water partition coefficient (Wildman–Crippen LogP) is 0.268. The molecule has 6 heteroatoms. The highest BCUT2D eigenvalue weighted by molar-refractivity contribution is 7.92. The third-order valence-electron chi connectivity index (χ3n) is 2.43. The van der Waals surface area contributed by atoms with Crippen molar-refractivity contribution in [3.8, 4) is 0 Å². The molecular weight excluding hydrogens is 240 g/mol. The van der Waals surface area contributed by atoms with Crippen LogP contribution < -0.4 is 5.32 Å². The molecule has 1 unspecified atom stereocenters. The molecule has 0 saturated heterocycles. The van der Waals surface area contributed by atoms with Gasteiger partial charge in [0.05, 0.1) is 5.75 Å². The van der Waals surface area contributed by atoms with Crippen LogP contribution in [0, 0.1) is 0 Å². The van der Waals surface area contributed by atoms with Crippen LogP contribution in [0.4, 0.5) is 0 Å². The molecule has 0 aromatic carbocycles. The van der Waals surface area contributed by atoms with E-state index in [0.717, 1.165) is 19.4 Å². The van der Waals surface area contributed by atoms with E-state index in [1.807, 2.05) is 13.8 Å². The molecule has 0 rings (SSSR count). The third-order valence-corrected chi connectivity index (χ3v) is 4.02. The molecular formula is C11H24N2O3S. The van der Waals surface area contributed by atoms with Crippen LogP contribution in [0.15, 0.2) is 0 Å². The molecule has 0 fully saturated rings. The molecule has 5 nitrogen and oxygen atoms in total. The fourth-order valence-corrected chi connectivity index (χ4v) is 3.21. The van der Waals surface area contributed by atoms with Crippen molar-refractivity contribution < 1.29 is 13.2 Å². The molecule has 0 aliphatic carbocycles. The number of rotatable bonds is 8. The van der Waals surface area contributed by atoms with Gasteiger partial charge in [-0.2, -0.15) is 0 Å². The average Bonchev–Trinajstić information content (AvgIpc) is 2.16. The number of sulfone groups is 1. The maximum atomic E-state index is 11.8. The van der Waals surface area contributed by atoms with E-state index >= 15 is 0 Å². The van der Waals surface area contributed by atoms with Gasteiger partial charge < -0.3 is 10.2 Å². The molecule has 0 saturated carbocycles. The number of carbonyl (C=O) groups is 1. The number of amides is 1. The van der Waals surface area contributed by atoms with Gasteiger partial charge in [-0.15, -0.1) is 0 Å². The van der Waals surface area contributed by atoms with Crippen LogP contribution in [-0.4, -0.2) is 57.4 Å². The molecule has 0 bridgehead atoms. The Labute approximate surface area is 104 Å². The minimum Gasteiger partial charge on any atom is -0.348 e. The molecule has 102 valence electrons. The van der Waals surface area contributed by atoms with Gasteiger partial charge in [0.25, 0.3) is 0 Å². The van der Waals surface area contributed by atoms with Gasteiger partial charge in [-0.3, -0.25) is 4.79 Å². The van der Waals surface area contributed by atoms with Gasteiger partial charge >= 0.3 is 0 Å². The van der Waals surface area contributed by atoms with E-state index in [9.17, 15) is 13.2 Å². The van der Waals surface area contributed by atoms with E-state index < -0.39 is 15.6 Å². The summed E-state index contributed by atoms with van der Waals surface area (Å²) in [6, 6.07) is -0.0510. The SMILES string of the molecule is CCCC(CS(=O)(=O)CC(=O)N(C)C)NCC. The Morgan fingerprint density at radius 1 is 1.29 bits per heavy atom. The van der Waals surface area contributed by atoms with E-state index in [0.29, 0.717) is 0 Å². The highest BCUT2D eigenvalue weighted by Crippen LogP contribution is 2.03. The summed E-state index contributed by atoms with van der Waals surface area (Å²) in [4.78, 5) is 12.7. The average molecular weight is 264 g/mol. The monoisotopic (exact) mass is 264 g/mol. The maximum Gasteiger partial charge on any atom is 0.237 e. The van der Waals surface area contributed by atoms with Gasteiger partial charge in [-0.1, -0.05) is 20.3 Å². The first-order chi connectivity index (χ1) is 7.82. The number of nitrogens with zero attached hydrogens (tertiary/aromatic N) is 1. The van der Waals surface area contributed by atoms with Crippen LogP contribution in [0.25, 0.3) is 0 Å². The number of hydrogen-bond acceptors (Lipinski definition) is 4. The third kappa shape index (κ3) is 7.33. The largest absolute Gasteiger partial charge is 0.348 e. The topological polar surface area (TPSA) is 66.5 Å². The van der Waals surface area contributed by atoms with Crippen molar-refractivity contribution in [3.05, 3.63) is 0 Å². The second-order valence-electron chi connectivity index (χ2n) is 4.39. The van der Waals surface area contributed by atoms with E-state index in [2.05, 4.69) is 5.32 Å². The lowest BCUT2D eigenvalue weighted by Gasteiger charge is -2.17. The molecule has 0 radical (unpaired) electrons. The Morgan fingerprint density at radius 2 is 1.88 bits per heavy atom. The number of carbonyl (C=O) groups excluding carboxylic acids is 1. The summed E-state index contributed by atoms with van der Waals surface area (Å²) in [6.45, 7) is 4.70. The van der Waals surface area contributed by atoms with Crippen molar-refractivity contribution in [2.24, 2.45) is 0 Å². The fourth-order valence-electron chi connectivity index (χ4n) is 1.56. The van der Waals surface area contributed by atoms with E-state index in [1.165, 1.54) is 4.90 Å². The van der Waals surface area contributed by atoms with Crippen LogP contribution in [-0.2, 0) is 14.6 Å². The second kappa shape index (κ2) is 7.66. The Kier molecular flexibility index (Phi) is 7.38. The summed E-state index contributed by atoms with van der Waals surface area (Å²) in [5.41, 5.74) is 0. The summed E-state index contributed by atoms with van der Waals surface area (Å²) in [5.74, 6) is -0.725. The van der Waals surface area contributed by atoms with Gasteiger partial charge in [0, 0.05) is 20.1 Å².